The van der Waals surface area contributed by atoms with Crippen molar-refractivity contribution in [3.05, 3.63) is 95.6 Å². The van der Waals surface area contributed by atoms with Crippen LogP contribution in [0.25, 0.3) is 0 Å². The third-order valence-electron chi connectivity index (χ3n) is 5.78. The Hall–Kier alpha value is -3.63. The molecule has 3 aromatic rings. The van der Waals surface area contributed by atoms with Gasteiger partial charge in [-0.3, -0.25) is 4.79 Å². The van der Waals surface area contributed by atoms with Crippen molar-refractivity contribution in [2.24, 2.45) is 0 Å². The maximum Gasteiger partial charge on any atom is 0.253 e. The number of amides is 1. The standard InChI is InChI=1S/C26H25N3O3S/c27-19-21-10-12-24(13-11-21)28-14-5-15-29(17-16-28)26(30)23-7-4-6-22(18-23)20-33(31,32)25-8-2-1-3-9-25/h1-4,6-13,18H,5,14-17,20H2. The lowest BCUT2D eigenvalue weighted by Gasteiger charge is -2.24. The van der Waals surface area contributed by atoms with E-state index in [1.807, 2.05) is 17.0 Å². The van der Waals surface area contributed by atoms with Gasteiger partial charge in [-0.1, -0.05) is 30.3 Å². The van der Waals surface area contributed by atoms with Crippen molar-refractivity contribution in [2.75, 3.05) is 31.1 Å². The number of benzene rings is 3. The zero-order chi connectivity index (χ0) is 23.3. The molecule has 0 aromatic heterocycles. The van der Waals surface area contributed by atoms with Crippen molar-refractivity contribution < 1.29 is 13.2 Å². The number of carbonyl (C=O) groups excluding carboxylic acids is 1. The molecule has 1 aliphatic rings. The van der Waals surface area contributed by atoms with Gasteiger partial charge >= 0.3 is 0 Å². The first kappa shape index (κ1) is 22.6. The van der Waals surface area contributed by atoms with Crippen molar-refractivity contribution in [1.29, 1.82) is 5.26 Å². The zero-order valence-corrected chi connectivity index (χ0v) is 19.0. The van der Waals surface area contributed by atoms with Crippen LogP contribution >= 0.6 is 0 Å². The Morgan fingerprint density at radius 3 is 2.36 bits per heavy atom. The Morgan fingerprint density at radius 2 is 1.64 bits per heavy atom. The molecule has 1 saturated heterocycles. The van der Waals surface area contributed by atoms with E-state index in [0.717, 1.165) is 18.7 Å². The van der Waals surface area contributed by atoms with Crippen LogP contribution in [0, 0.1) is 11.3 Å². The first-order chi connectivity index (χ1) is 16.0. The number of rotatable bonds is 5. The summed E-state index contributed by atoms with van der Waals surface area (Å²) in [5.74, 6) is -0.236. The molecule has 168 valence electrons. The molecule has 0 atom stereocenters. The summed E-state index contributed by atoms with van der Waals surface area (Å²) in [6.45, 7) is 2.73. The van der Waals surface area contributed by atoms with Gasteiger partial charge in [0, 0.05) is 37.4 Å². The van der Waals surface area contributed by atoms with Gasteiger partial charge in [-0.05, 0) is 60.5 Å². The fraction of sp³-hybridized carbons (Fsp3) is 0.231. The summed E-state index contributed by atoms with van der Waals surface area (Å²) in [6.07, 6.45) is 0.827. The SMILES string of the molecule is N#Cc1ccc(N2CCCN(C(=O)c3cccc(CS(=O)(=O)c4ccccc4)c3)CC2)cc1. The van der Waals surface area contributed by atoms with Gasteiger partial charge in [0.25, 0.3) is 5.91 Å². The van der Waals surface area contributed by atoms with Crippen molar-refractivity contribution in [2.45, 2.75) is 17.1 Å². The van der Waals surface area contributed by atoms with Crippen LogP contribution in [-0.2, 0) is 15.6 Å². The predicted molar refractivity (Wildman–Crippen MR) is 128 cm³/mol. The molecule has 4 rings (SSSR count). The summed E-state index contributed by atoms with van der Waals surface area (Å²) in [5, 5.41) is 8.99. The van der Waals surface area contributed by atoms with Gasteiger partial charge in [-0.15, -0.1) is 0 Å². The monoisotopic (exact) mass is 459 g/mol. The molecule has 0 aliphatic carbocycles. The second-order valence-electron chi connectivity index (χ2n) is 8.06. The number of anilines is 1. The molecule has 6 nitrogen and oxygen atoms in total. The number of hydrogen-bond acceptors (Lipinski definition) is 5. The highest BCUT2D eigenvalue weighted by atomic mass is 32.2. The Morgan fingerprint density at radius 1 is 0.879 bits per heavy atom. The highest BCUT2D eigenvalue weighted by Crippen LogP contribution is 2.20. The van der Waals surface area contributed by atoms with E-state index in [4.69, 9.17) is 5.26 Å². The molecule has 0 spiro atoms. The van der Waals surface area contributed by atoms with E-state index in [1.54, 1.807) is 66.7 Å². The van der Waals surface area contributed by atoms with E-state index >= 15 is 0 Å². The fourth-order valence-corrected chi connectivity index (χ4v) is 5.39. The molecule has 0 saturated carbocycles. The fourth-order valence-electron chi connectivity index (χ4n) is 4.03. The molecule has 1 heterocycles. The van der Waals surface area contributed by atoms with Crippen LogP contribution in [-0.4, -0.2) is 45.4 Å². The van der Waals surface area contributed by atoms with E-state index in [2.05, 4.69) is 11.0 Å². The summed E-state index contributed by atoms with van der Waals surface area (Å²) < 4.78 is 25.4. The van der Waals surface area contributed by atoms with Crippen LogP contribution in [0.2, 0.25) is 0 Å². The number of nitriles is 1. The molecule has 1 fully saturated rings. The summed E-state index contributed by atoms with van der Waals surface area (Å²) in [6, 6.07) is 24.9. The lowest BCUT2D eigenvalue weighted by Crippen LogP contribution is -2.35. The Labute approximate surface area is 194 Å². The topological polar surface area (TPSA) is 81.5 Å². The quantitative estimate of drug-likeness (QED) is 0.578. The summed E-state index contributed by atoms with van der Waals surface area (Å²) in [5.41, 5.74) is 2.76. The summed E-state index contributed by atoms with van der Waals surface area (Å²) in [7, 11) is -3.48. The molecule has 1 amide bonds. The van der Waals surface area contributed by atoms with Crippen molar-refractivity contribution in [3.8, 4) is 6.07 Å². The second kappa shape index (κ2) is 9.88. The molecule has 0 N–H and O–H groups in total. The Bertz CT molecular complexity index is 1270. The summed E-state index contributed by atoms with van der Waals surface area (Å²) >= 11 is 0. The minimum Gasteiger partial charge on any atom is -0.370 e. The van der Waals surface area contributed by atoms with Gasteiger partial charge in [0.15, 0.2) is 9.84 Å². The average molecular weight is 460 g/mol. The molecule has 0 radical (unpaired) electrons. The molecular formula is C26H25N3O3S. The largest absolute Gasteiger partial charge is 0.370 e. The van der Waals surface area contributed by atoms with Gasteiger partial charge in [0.05, 0.1) is 22.3 Å². The maximum absolute atomic E-state index is 13.2. The van der Waals surface area contributed by atoms with Crippen molar-refractivity contribution in [1.82, 2.24) is 4.90 Å². The van der Waals surface area contributed by atoms with Gasteiger partial charge in [-0.25, -0.2) is 8.42 Å². The van der Waals surface area contributed by atoms with E-state index in [0.29, 0.717) is 36.3 Å². The first-order valence-electron chi connectivity index (χ1n) is 10.9. The number of hydrogen-bond donors (Lipinski definition) is 0. The molecule has 3 aromatic carbocycles. The third-order valence-corrected chi connectivity index (χ3v) is 7.48. The molecular weight excluding hydrogens is 434 g/mol. The highest BCUT2D eigenvalue weighted by molar-refractivity contribution is 7.90. The zero-order valence-electron chi connectivity index (χ0n) is 18.2. The Kier molecular flexibility index (Phi) is 6.76. The van der Waals surface area contributed by atoms with Gasteiger partial charge in [-0.2, -0.15) is 5.26 Å². The molecule has 7 heteroatoms. The van der Waals surface area contributed by atoms with E-state index in [-0.39, 0.29) is 16.6 Å². The second-order valence-corrected chi connectivity index (χ2v) is 10.1. The smallest absolute Gasteiger partial charge is 0.253 e. The van der Waals surface area contributed by atoms with Crippen LogP contribution in [0.3, 0.4) is 0 Å². The van der Waals surface area contributed by atoms with Crippen LogP contribution in [0.4, 0.5) is 5.69 Å². The Balaban J connectivity index is 1.44. The van der Waals surface area contributed by atoms with Crippen LogP contribution in [0.1, 0.15) is 27.9 Å². The minimum absolute atomic E-state index is 0.0874. The predicted octanol–water partition coefficient (Wildman–Crippen LogP) is 3.88. The van der Waals surface area contributed by atoms with Crippen molar-refractivity contribution in [3.63, 3.8) is 0 Å². The molecule has 0 bridgehead atoms. The van der Waals surface area contributed by atoms with Gasteiger partial charge in [0.2, 0.25) is 0 Å². The number of nitrogens with zero attached hydrogens (tertiary/aromatic N) is 3. The van der Waals surface area contributed by atoms with Crippen LogP contribution in [0.5, 0.6) is 0 Å². The highest BCUT2D eigenvalue weighted by Gasteiger charge is 2.22. The first-order valence-corrected chi connectivity index (χ1v) is 12.5. The lowest BCUT2D eigenvalue weighted by molar-refractivity contribution is 0.0767. The van der Waals surface area contributed by atoms with Gasteiger partial charge in [0.1, 0.15) is 0 Å². The number of carbonyl (C=O) groups is 1. The van der Waals surface area contributed by atoms with E-state index < -0.39 is 9.84 Å². The molecule has 33 heavy (non-hydrogen) atoms. The normalized spacial score (nSPS) is 14.4. The average Bonchev–Trinajstić information content (AvgIpc) is 3.10. The molecule has 0 unspecified atom stereocenters. The minimum atomic E-state index is -3.48. The van der Waals surface area contributed by atoms with Crippen LogP contribution < -0.4 is 4.90 Å². The number of sulfone groups is 1. The van der Waals surface area contributed by atoms with E-state index in [9.17, 15) is 13.2 Å². The molecule has 1 aliphatic heterocycles. The summed E-state index contributed by atoms with van der Waals surface area (Å²) in [4.78, 5) is 17.5. The third kappa shape index (κ3) is 5.41. The lowest BCUT2D eigenvalue weighted by atomic mass is 10.1. The van der Waals surface area contributed by atoms with Crippen molar-refractivity contribution >= 4 is 21.4 Å². The van der Waals surface area contributed by atoms with E-state index in [1.165, 1.54) is 0 Å². The van der Waals surface area contributed by atoms with Gasteiger partial charge < -0.3 is 9.80 Å². The maximum atomic E-state index is 13.2. The van der Waals surface area contributed by atoms with Crippen LogP contribution in [0.15, 0.2) is 83.8 Å².